The molecule has 1 fully saturated rings. The van der Waals surface area contributed by atoms with E-state index in [1.807, 2.05) is 36.4 Å². The van der Waals surface area contributed by atoms with Crippen LogP contribution in [0.2, 0.25) is 5.04 Å². The van der Waals surface area contributed by atoms with E-state index in [1.165, 1.54) is 17.9 Å². The second-order valence-electron chi connectivity index (χ2n) is 12.7. The fraction of sp³-hybridized carbons (Fsp3) is 0.314. The van der Waals surface area contributed by atoms with Gasteiger partial charge in [0, 0.05) is 18.9 Å². The standard InChI is InChI=1S/C35H37N3O8Si/c1-22-20-37(34(42)36-30(22)39)33-29(43-5)28(27(45-33)21-44-38-31(40)25-18-12-13-19-26(25)32(38)41)46-47(35(2,3)4,23-14-8-6-9-15-23)24-16-10-7-11-17-24/h6-20,27-29,33H,21H2,1-5H3,(H,36,39,42)/t27-,28-,29-,33-/m1/s1. The van der Waals surface area contributed by atoms with Crippen LogP contribution in [0.5, 0.6) is 0 Å². The van der Waals surface area contributed by atoms with Crippen molar-refractivity contribution in [1.82, 2.24) is 14.6 Å². The van der Waals surface area contributed by atoms with E-state index in [4.69, 9.17) is 18.7 Å². The van der Waals surface area contributed by atoms with Crippen LogP contribution < -0.4 is 21.6 Å². The number of amides is 2. The molecule has 4 aromatic rings. The summed E-state index contributed by atoms with van der Waals surface area (Å²) >= 11 is 0. The van der Waals surface area contributed by atoms with Crippen molar-refractivity contribution in [3.63, 3.8) is 0 Å². The lowest BCUT2D eigenvalue weighted by molar-refractivity contribution is -0.140. The van der Waals surface area contributed by atoms with Gasteiger partial charge in [0.25, 0.3) is 25.7 Å². The zero-order valence-electron chi connectivity index (χ0n) is 26.8. The summed E-state index contributed by atoms with van der Waals surface area (Å²) in [5, 5.41) is 2.33. The number of benzene rings is 3. The van der Waals surface area contributed by atoms with E-state index in [2.05, 4.69) is 50.0 Å². The number of aromatic nitrogens is 2. The maximum atomic E-state index is 13.2. The number of nitrogens with zero attached hydrogens (tertiary/aromatic N) is 2. The number of fused-ring (bicyclic) bond motifs is 1. The smallest absolute Gasteiger partial charge is 0.330 e. The molecule has 1 aromatic heterocycles. The van der Waals surface area contributed by atoms with Gasteiger partial charge in [-0.15, -0.1) is 5.06 Å². The van der Waals surface area contributed by atoms with Crippen molar-refractivity contribution in [1.29, 1.82) is 0 Å². The summed E-state index contributed by atoms with van der Waals surface area (Å²) in [6.45, 7) is 7.71. The average molecular weight is 656 g/mol. The largest absolute Gasteiger partial charge is 0.399 e. The summed E-state index contributed by atoms with van der Waals surface area (Å²) < 4.78 is 21.3. The molecule has 0 saturated carbocycles. The minimum atomic E-state index is -3.23. The predicted molar refractivity (Wildman–Crippen MR) is 176 cm³/mol. The first-order chi connectivity index (χ1) is 22.5. The van der Waals surface area contributed by atoms with Gasteiger partial charge in [0.15, 0.2) is 6.23 Å². The zero-order chi connectivity index (χ0) is 33.5. The van der Waals surface area contributed by atoms with Gasteiger partial charge in [0.05, 0.1) is 11.1 Å². The number of aromatic amines is 1. The van der Waals surface area contributed by atoms with Gasteiger partial charge < -0.3 is 13.9 Å². The molecule has 0 aliphatic carbocycles. The zero-order valence-corrected chi connectivity index (χ0v) is 27.8. The fourth-order valence-electron chi connectivity index (χ4n) is 6.56. The highest BCUT2D eigenvalue weighted by Crippen LogP contribution is 2.42. The van der Waals surface area contributed by atoms with Gasteiger partial charge in [-0.05, 0) is 34.5 Å². The van der Waals surface area contributed by atoms with E-state index >= 15 is 0 Å². The van der Waals surface area contributed by atoms with Crippen molar-refractivity contribution in [3.05, 3.63) is 129 Å². The Balaban J connectivity index is 1.45. The highest BCUT2D eigenvalue weighted by atomic mass is 28.4. The van der Waals surface area contributed by atoms with Gasteiger partial charge >= 0.3 is 5.69 Å². The first-order valence-corrected chi connectivity index (χ1v) is 17.3. The Morgan fingerprint density at radius 2 is 1.34 bits per heavy atom. The lowest BCUT2D eigenvalue weighted by Crippen LogP contribution is -2.69. The molecule has 0 spiro atoms. The quantitative estimate of drug-likeness (QED) is 0.215. The first-order valence-electron chi connectivity index (χ1n) is 15.4. The molecular weight excluding hydrogens is 618 g/mol. The summed E-state index contributed by atoms with van der Waals surface area (Å²) in [6.07, 6.45) is -2.26. The number of hydrogen-bond acceptors (Lipinski definition) is 8. The van der Waals surface area contributed by atoms with Crippen LogP contribution in [0.15, 0.2) is 101 Å². The third kappa shape index (κ3) is 5.61. The summed E-state index contributed by atoms with van der Waals surface area (Å²) in [4.78, 5) is 60.0. The summed E-state index contributed by atoms with van der Waals surface area (Å²) in [5.41, 5.74) is -0.401. The van der Waals surface area contributed by atoms with Crippen LogP contribution >= 0.6 is 0 Å². The van der Waals surface area contributed by atoms with Crippen LogP contribution in [0.4, 0.5) is 0 Å². The van der Waals surface area contributed by atoms with Crippen LogP contribution in [-0.4, -0.2) is 66.8 Å². The molecule has 6 rings (SSSR count). The van der Waals surface area contributed by atoms with Crippen LogP contribution in [0.1, 0.15) is 53.3 Å². The highest BCUT2D eigenvalue weighted by Gasteiger charge is 2.57. The molecule has 12 heteroatoms. The van der Waals surface area contributed by atoms with E-state index in [9.17, 15) is 19.2 Å². The van der Waals surface area contributed by atoms with E-state index in [1.54, 1.807) is 31.2 Å². The van der Waals surface area contributed by atoms with Crippen LogP contribution in [0.25, 0.3) is 0 Å². The topological polar surface area (TPSA) is 129 Å². The molecule has 0 unspecified atom stereocenters. The van der Waals surface area contributed by atoms with Gasteiger partial charge in [0.2, 0.25) is 0 Å². The Labute approximate surface area is 272 Å². The summed E-state index contributed by atoms with van der Waals surface area (Å²) in [5.74, 6) is -1.17. The lowest BCUT2D eigenvalue weighted by Gasteiger charge is -2.45. The van der Waals surface area contributed by atoms with Crippen LogP contribution in [0, 0.1) is 6.92 Å². The van der Waals surface area contributed by atoms with Crippen molar-refractivity contribution < 1.29 is 28.3 Å². The monoisotopic (exact) mass is 655 g/mol. The second kappa shape index (κ2) is 12.6. The molecule has 1 saturated heterocycles. The first kappa shape index (κ1) is 32.5. The number of rotatable bonds is 9. The molecule has 244 valence electrons. The van der Waals surface area contributed by atoms with E-state index < -0.39 is 61.0 Å². The molecule has 2 aliphatic heterocycles. The molecule has 3 aromatic carbocycles. The molecule has 0 radical (unpaired) electrons. The normalized spacial score (nSPS) is 21.3. The van der Waals surface area contributed by atoms with Gasteiger partial charge in [-0.3, -0.25) is 28.8 Å². The predicted octanol–water partition coefficient (Wildman–Crippen LogP) is 2.93. The van der Waals surface area contributed by atoms with Gasteiger partial charge in [-0.2, -0.15) is 0 Å². The minimum Gasteiger partial charge on any atom is -0.399 e. The van der Waals surface area contributed by atoms with Gasteiger partial charge in [0.1, 0.15) is 24.9 Å². The SMILES string of the molecule is CO[C@@H]1[C@H](O[Si](c2ccccc2)(c2ccccc2)C(C)(C)C)[C@@H](CON2C(=O)c3ccccc3C2=O)O[C@H]1n1cc(C)c(=O)[nH]c1=O. The Kier molecular flexibility index (Phi) is 8.72. The van der Waals surface area contributed by atoms with E-state index in [-0.39, 0.29) is 17.7 Å². The Morgan fingerprint density at radius 1 is 0.809 bits per heavy atom. The molecule has 11 nitrogen and oxygen atoms in total. The molecule has 47 heavy (non-hydrogen) atoms. The number of carbonyl (C=O) groups is 2. The molecule has 4 atom stereocenters. The number of imide groups is 1. The molecular formula is C35H37N3O8Si. The third-order valence-corrected chi connectivity index (χ3v) is 13.9. The number of hydroxylamine groups is 2. The maximum absolute atomic E-state index is 13.2. The van der Waals surface area contributed by atoms with Crippen molar-refractivity contribution in [2.45, 2.75) is 57.3 Å². The Bertz CT molecular complexity index is 1830. The highest BCUT2D eigenvalue weighted by molar-refractivity contribution is 6.99. The Morgan fingerprint density at radius 3 is 1.85 bits per heavy atom. The van der Waals surface area contributed by atoms with Crippen LogP contribution in [-0.2, 0) is 18.7 Å². The van der Waals surface area contributed by atoms with Gasteiger partial charge in [-0.1, -0.05) is 93.6 Å². The van der Waals surface area contributed by atoms with Crippen molar-refractivity contribution in [2.24, 2.45) is 0 Å². The number of H-pyrrole nitrogens is 1. The van der Waals surface area contributed by atoms with E-state index in [0.717, 1.165) is 15.4 Å². The van der Waals surface area contributed by atoms with Crippen molar-refractivity contribution in [2.75, 3.05) is 13.7 Å². The van der Waals surface area contributed by atoms with Crippen LogP contribution in [0.3, 0.4) is 0 Å². The number of ether oxygens (including phenoxy) is 2. The van der Waals surface area contributed by atoms with E-state index in [0.29, 0.717) is 5.56 Å². The number of methoxy groups -OCH3 is 1. The molecule has 2 amide bonds. The minimum absolute atomic E-state index is 0.243. The van der Waals surface area contributed by atoms with Crippen molar-refractivity contribution in [3.8, 4) is 0 Å². The fourth-order valence-corrected chi connectivity index (χ4v) is 11.3. The molecule has 3 heterocycles. The van der Waals surface area contributed by atoms with Gasteiger partial charge in [-0.25, -0.2) is 4.79 Å². The summed E-state index contributed by atoms with van der Waals surface area (Å²) in [7, 11) is -1.73. The number of aryl methyl sites for hydroxylation is 1. The number of carbonyl (C=O) groups excluding carboxylic acids is 2. The number of nitrogens with one attached hydrogen (secondary N) is 1. The Hall–Kier alpha value is -4.46. The van der Waals surface area contributed by atoms with Crippen molar-refractivity contribution >= 4 is 30.5 Å². The summed E-state index contributed by atoms with van der Waals surface area (Å²) in [6, 6.07) is 26.5. The average Bonchev–Trinajstić information content (AvgIpc) is 3.53. The molecule has 0 bridgehead atoms. The molecule has 2 aliphatic rings. The third-order valence-electron chi connectivity index (χ3n) is 8.83. The second-order valence-corrected chi connectivity index (χ2v) is 17.0. The molecule has 1 N–H and O–H groups in total. The maximum Gasteiger partial charge on any atom is 0.330 e. The lowest BCUT2D eigenvalue weighted by atomic mass is 10.1. The number of hydrogen-bond donors (Lipinski definition) is 1.